The van der Waals surface area contributed by atoms with Gasteiger partial charge in [-0.1, -0.05) is 60.7 Å². The minimum absolute atomic E-state index is 0.0167. The van der Waals surface area contributed by atoms with Crippen LogP contribution in [0.5, 0.6) is 0 Å². The summed E-state index contributed by atoms with van der Waals surface area (Å²) in [5, 5.41) is 0. The quantitative estimate of drug-likeness (QED) is 0.705. The Bertz CT molecular complexity index is 878. The van der Waals surface area contributed by atoms with Crippen molar-refractivity contribution in [3.63, 3.8) is 0 Å². The fourth-order valence-electron chi connectivity index (χ4n) is 4.43. The molecule has 1 aliphatic heterocycles. The van der Waals surface area contributed by atoms with Crippen LogP contribution in [0.3, 0.4) is 0 Å². The Balaban J connectivity index is 1.80. The van der Waals surface area contributed by atoms with Crippen LogP contribution in [0.15, 0.2) is 73.1 Å². The number of carbonyl (C=O) groups excluding carboxylic acids is 1. The molecule has 0 bridgehead atoms. The van der Waals surface area contributed by atoms with E-state index in [1.54, 1.807) is 10.8 Å². The third-order valence-electron chi connectivity index (χ3n) is 5.94. The van der Waals surface area contributed by atoms with E-state index in [4.69, 9.17) is 0 Å². The average Bonchev–Trinajstić information content (AvgIpc) is 3.37. The molecule has 1 amide bonds. The minimum Gasteiger partial charge on any atom is -0.332 e. The van der Waals surface area contributed by atoms with Gasteiger partial charge in [0.1, 0.15) is 0 Å². The first-order valence-corrected chi connectivity index (χ1v) is 9.51. The molecule has 4 heteroatoms. The number of hydrogen-bond acceptors (Lipinski definition) is 2. The lowest BCUT2D eigenvalue weighted by atomic mass is 9.69. The van der Waals surface area contributed by atoms with Crippen molar-refractivity contribution in [3.05, 3.63) is 90.0 Å². The summed E-state index contributed by atoms with van der Waals surface area (Å²) in [5.41, 5.74) is 2.20. The molecular formula is C23H25N3O. The number of benzene rings is 2. The zero-order chi connectivity index (χ0) is 18.9. The van der Waals surface area contributed by atoms with Crippen LogP contribution in [0, 0.1) is 0 Å². The lowest BCUT2D eigenvalue weighted by Gasteiger charge is -2.41. The maximum absolute atomic E-state index is 13.3. The van der Waals surface area contributed by atoms with E-state index in [0.717, 1.165) is 19.4 Å². The van der Waals surface area contributed by atoms with Crippen LogP contribution in [0.25, 0.3) is 0 Å². The summed E-state index contributed by atoms with van der Waals surface area (Å²) in [4.78, 5) is 19.6. The fourth-order valence-corrected chi connectivity index (χ4v) is 4.43. The molecule has 27 heavy (non-hydrogen) atoms. The summed E-state index contributed by atoms with van der Waals surface area (Å²) in [5.74, 6) is 0.522. The Morgan fingerprint density at radius 3 is 2.15 bits per heavy atom. The molecule has 4 nitrogen and oxygen atoms in total. The number of aromatic nitrogens is 2. The number of nitrogens with zero attached hydrogens (tertiary/aromatic N) is 3. The lowest BCUT2D eigenvalue weighted by Crippen LogP contribution is -2.49. The number of carbonyl (C=O) groups is 1. The summed E-state index contributed by atoms with van der Waals surface area (Å²) >= 11 is 0. The first-order chi connectivity index (χ1) is 13.1. The molecule has 0 saturated carbocycles. The Labute approximate surface area is 160 Å². The van der Waals surface area contributed by atoms with Gasteiger partial charge in [-0.15, -0.1) is 0 Å². The second-order valence-corrected chi connectivity index (χ2v) is 7.45. The highest BCUT2D eigenvalue weighted by Gasteiger charge is 2.45. The van der Waals surface area contributed by atoms with Crippen LogP contribution in [-0.2, 0) is 12.5 Å². The summed E-state index contributed by atoms with van der Waals surface area (Å²) < 4.78 is 1.81. The van der Waals surface area contributed by atoms with Crippen LogP contribution in [-0.4, -0.2) is 32.9 Å². The predicted molar refractivity (Wildman–Crippen MR) is 107 cm³/mol. The van der Waals surface area contributed by atoms with Gasteiger partial charge in [0.05, 0.1) is 0 Å². The molecule has 1 aromatic heterocycles. The summed E-state index contributed by atoms with van der Waals surface area (Å²) in [6.45, 7) is 3.04. The summed E-state index contributed by atoms with van der Waals surface area (Å²) in [7, 11) is 1.87. The van der Waals surface area contributed by atoms with E-state index in [1.165, 1.54) is 11.1 Å². The average molecular weight is 359 g/mol. The van der Waals surface area contributed by atoms with E-state index in [-0.39, 0.29) is 17.4 Å². The van der Waals surface area contributed by atoms with Gasteiger partial charge in [-0.25, -0.2) is 4.98 Å². The fraction of sp³-hybridized carbons (Fsp3) is 0.304. The van der Waals surface area contributed by atoms with Gasteiger partial charge >= 0.3 is 0 Å². The molecular weight excluding hydrogens is 334 g/mol. The molecule has 0 unspecified atom stereocenters. The van der Waals surface area contributed by atoms with E-state index in [1.807, 2.05) is 30.3 Å². The molecule has 0 spiro atoms. The lowest BCUT2D eigenvalue weighted by molar-refractivity contribution is 0.0672. The molecule has 138 valence electrons. The molecule has 1 aliphatic rings. The second kappa shape index (κ2) is 7.03. The Kier molecular flexibility index (Phi) is 4.56. The number of likely N-dealkylation sites (tertiary alicyclic amines) is 1. The van der Waals surface area contributed by atoms with E-state index < -0.39 is 0 Å². The highest BCUT2D eigenvalue weighted by Crippen LogP contribution is 2.42. The maximum atomic E-state index is 13.3. The molecule has 0 aliphatic carbocycles. The van der Waals surface area contributed by atoms with Crippen molar-refractivity contribution in [3.8, 4) is 0 Å². The van der Waals surface area contributed by atoms with Crippen molar-refractivity contribution in [1.29, 1.82) is 0 Å². The predicted octanol–water partition coefficient (Wildman–Crippen LogP) is 4.03. The van der Waals surface area contributed by atoms with Gasteiger partial charge in [0.25, 0.3) is 5.91 Å². The molecule has 4 rings (SSSR count). The monoisotopic (exact) mass is 359 g/mol. The van der Waals surface area contributed by atoms with Crippen molar-refractivity contribution in [2.24, 2.45) is 7.05 Å². The highest BCUT2D eigenvalue weighted by atomic mass is 16.2. The Morgan fingerprint density at radius 1 is 1.04 bits per heavy atom. The zero-order valence-corrected chi connectivity index (χ0v) is 15.9. The Morgan fingerprint density at radius 2 is 1.63 bits per heavy atom. The molecule has 2 aromatic carbocycles. The SMILES string of the molecule is Cn1ccnc1C(=O)N1CCC[C@@H]1C(C)(c1ccccc1)c1ccccc1. The molecule has 1 atom stereocenters. The van der Waals surface area contributed by atoms with Crippen LogP contribution in [0.2, 0.25) is 0 Å². The second-order valence-electron chi connectivity index (χ2n) is 7.45. The van der Waals surface area contributed by atoms with E-state index in [9.17, 15) is 4.79 Å². The van der Waals surface area contributed by atoms with Gasteiger partial charge in [0, 0.05) is 37.4 Å². The molecule has 1 saturated heterocycles. The third-order valence-corrected chi connectivity index (χ3v) is 5.94. The van der Waals surface area contributed by atoms with Crippen molar-refractivity contribution in [2.75, 3.05) is 6.54 Å². The number of rotatable bonds is 4. The molecule has 2 heterocycles. The standard InChI is InChI=1S/C23H25N3O/c1-23(18-10-5-3-6-11-18,19-12-7-4-8-13-19)20-14-9-16-26(20)22(27)21-24-15-17-25(21)2/h3-8,10-13,15,17,20H,9,14,16H2,1-2H3/t20-/m1/s1. The summed E-state index contributed by atoms with van der Waals surface area (Å²) in [6.07, 6.45) is 5.50. The number of aryl methyl sites for hydroxylation is 1. The normalized spacial score (nSPS) is 17.3. The summed E-state index contributed by atoms with van der Waals surface area (Å²) in [6, 6.07) is 21.2. The first-order valence-electron chi connectivity index (χ1n) is 9.51. The molecule has 0 radical (unpaired) electrons. The van der Waals surface area contributed by atoms with E-state index in [0.29, 0.717) is 5.82 Å². The molecule has 3 aromatic rings. The number of imidazole rings is 1. The van der Waals surface area contributed by atoms with Crippen molar-refractivity contribution in [1.82, 2.24) is 14.5 Å². The Hall–Kier alpha value is -2.88. The van der Waals surface area contributed by atoms with Crippen LogP contribution < -0.4 is 0 Å². The minimum atomic E-state index is -0.278. The highest BCUT2D eigenvalue weighted by molar-refractivity contribution is 5.91. The smallest absolute Gasteiger partial charge is 0.290 e. The number of amides is 1. The molecule has 1 fully saturated rings. The van der Waals surface area contributed by atoms with Crippen LogP contribution in [0.1, 0.15) is 41.5 Å². The van der Waals surface area contributed by atoms with Gasteiger partial charge in [-0.2, -0.15) is 0 Å². The van der Waals surface area contributed by atoms with Crippen molar-refractivity contribution < 1.29 is 4.79 Å². The van der Waals surface area contributed by atoms with Gasteiger partial charge in [-0.05, 0) is 30.9 Å². The van der Waals surface area contributed by atoms with Crippen molar-refractivity contribution >= 4 is 5.91 Å². The van der Waals surface area contributed by atoms with Gasteiger partial charge in [0.2, 0.25) is 0 Å². The van der Waals surface area contributed by atoms with Crippen LogP contribution >= 0.6 is 0 Å². The molecule has 0 N–H and O–H groups in total. The van der Waals surface area contributed by atoms with Gasteiger partial charge < -0.3 is 9.47 Å². The van der Waals surface area contributed by atoms with E-state index in [2.05, 4.69) is 60.4 Å². The van der Waals surface area contributed by atoms with Gasteiger partial charge in [0.15, 0.2) is 5.82 Å². The van der Waals surface area contributed by atoms with Gasteiger partial charge in [-0.3, -0.25) is 4.79 Å². The van der Waals surface area contributed by atoms with Crippen LogP contribution in [0.4, 0.5) is 0 Å². The van der Waals surface area contributed by atoms with Crippen molar-refractivity contribution in [2.45, 2.75) is 31.2 Å². The number of hydrogen-bond donors (Lipinski definition) is 0. The largest absolute Gasteiger partial charge is 0.332 e. The zero-order valence-electron chi connectivity index (χ0n) is 15.9. The third kappa shape index (κ3) is 2.95. The van der Waals surface area contributed by atoms with E-state index >= 15 is 0 Å². The maximum Gasteiger partial charge on any atom is 0.290 e. The first kappa shape index (κ1) is 17.5. The topological polar surface area (TPSA) is 38.1 Å².